The molecule has 0 aromatic heterocycles. The topological polar surface area (TPSA) is 30.5 Å². The van der Waals surface area contributed by atoms with Gasteiger partial charge in [-0.2, -0.15) is 5.48 Å². The number of nitrogens with one attached hydrogen (secondary N) is 1. The van der Waals surface area contributed by atoms with Gasteiger partial charge in [-0.15, -0.1) is 6.42 Å². The highest BCUT2D eigenvalue weighted by atomic mass is 16.7. The summed E-state index contributed by atoms with van der Waals surface area (Å²) >= 11 is 0. The molecule has 1 heterocycles. The third kappa shape index (κ3) is 1.64. The van der Waals surface area contributed by atoms with Crippen LogP contribution in [0.4, 0.5) is 0 Å². The molecule has 0 saturated heterocycles. The summed E-state index contributed by atoms with van der Waals surface area (Å²) in [5.41, 5.74) is 3.62. The summed E-state index contributed by atoms with van der Waals surface area (Å²) in [7, 11) is 0. The lowest BCUT2D eigenvalue weighted by Gasteiger charge is -2.17. The van der Waals surface area contributed by atoms with Crippen molar-refractivity contribution in [3.63, 3.8) is 0 Å². The Morgan fingerprint density at radius 1 is 1.43 bits per heavy atom. The molecule has 0 spiro atoms. The van der Waals surface area contributed by atoms with Crippen molar-refractivity contribution in [2.24, 2.45) is 0 Å². The van der Waals surface area contributed by atoms with Crippen LogP contribution in [0.1, 0.15) is 5.56 Å². The van der Waals surface area contributed by atoms with Gasteiger partial charge in [0.15, 0.2) is 12.4 Å². The van der Waals surface area contributed by atoms with Crippen LogP contribution in [0.2, 0.25) is 0 Å². The van der Waals surface area contributed by atoms with E-state index < -0.39 is 0 Å². The quantitative estimate of drug-likeness (QED) is 0.712. The molecule has 0 amide bonds. The third-order valence-corrected chi connectivity index (χ3v) is 1.78. The number of hydrogen-bond acceptors (Lipinski definition) is 3. The van der Waals surface area contributed by atoms with Gasteiger partial charge in [-0.3, -0.25) is 0 Å². The van der Waals surface area contributed by atoms with Gasteiger partial charge in [0.05, 0.1) is 0 Å². The Labute approximate surface area is 82.3 Å². The molecule has 1 aromatic carbocycles. The standard InChI is InChI=1S/C11H9NO2/c1-2-7-13-11-8-9-5-3-4-6-10(9)14-12-11/h1,3-6,8,12H,7H2. The zero-order valence-corrected chi connectivity index (χ0v) is 7.49. The second-order valence-corrected chi connectivity index (χ2v) is 2.74. The van der Waals surface area contributed by atoms with E-state index in [0.29, 0.717) is 5.88 Å². The van der Waals surface area contributed by atoms with Crippen LogP contribution >= 0.6 is 0 Å². The van der Waals surface area contributed by atoms with E-state index in [2.05, 4.69) is 11.4 Å². The molecule has 3 heteroatoms. The molecule has 2 rings (SSSR count). The van der Waals surface area contributed by atoms with Gasteiger partial charge >= 0.3 is 0 Å². The summed E-state index contributed by atoms with van der Waals surface area (Å²) in [5, 5.41) is 0. The monoisotopic (exact) mass is 187 g/mol. The number of rotatable bonds is 2. The Morgan fingerprint density at radius 2 is 2.29 bits per heavy atom. The van der Waals surface area contributed by atoms with Crippen LogP contribution in [0, 0.1) is 12.3 Å². The van der Waals surface area contributed by atoms with E-state index in [4.69, 9.17) is 16.0 Å². The highest BCUT2D eigenvalue weighted by Crippen LogP contribution is 2.23. The molecule has 1 aromatic rings. The molecule has 1 aliphatic heterocycles. The second kappa shape index (κ2) is 3.75. The van der Waals surface area contributed by atoms with Crippen molar-refractivity contribution in [1.29, 1.82) is 0 Å². The maximum atomic E-state index is 5.22. The van der Waals surface area contributed by atoms with Gasteiger partial charge in [-0.05, 0) is 6.07 Å². The van der Waals surface area contributed by atoms with E-state index in [1.807, 2.05) is 30.3 Å². The highest BCUT2D eigenvalue weighted by molar-refractivity contribution is 5.59. The summed E-state index contributed by atoms with van der Waals surface area (Å²) in [6, 6.07) is 7.65. The van der Waals surface area contributed by atoms with Crippen molar-refractivity contribution in [2.45, 2.75) is 0 Å². The zero-order chi connectivity index (χ0) is 9.80. The number of ether oxygens (including phenoxy) is 1. The minimum Gasteiger partial charge on any atom is -0.464 e. The lowest BCUT2D eigenvalue weighted by Crippen LogP contribution is -2.23. The van der Waals surface area contributed by atoms with E-state index in [1.54, 1.807) is 0 Å². The predicted octanol–water partition coefficient (Wildman–Crippen LogP) is 1.53. The lowest BCUT2D eigenvalue weighted by atomic mass is 10.2. The first-order valence-electron chi connectivity index (χ1n) is 4.20. The van der Waals surface area contributed by atoms with Crippen molar-refractivity contribution in [3.05, 3.63) is 35.7 Å². The SMILES string of the molecule is C#CCOC1=Cc2ccccc2ON1. The summed E-state index contributed by atoms with van der Waals surface area (Å²) in [5.74, 6) is 3.69. The molecule has 0 bridgehead atoms. The van der Waals surface area contributed by atoms with E-state index in [0.717, 1.165) is 11.3 Å². The second-order valence-electron chi connectivity index (χ2n) is 2.74. The van der Waals surface area contributed by atoms with Crippen LogP contribution in [0.5, 0.6) is 5.75 Å². The minimum atomic E-state index is 0.227. The van der Waals surface area contributed by atoms with E-state index in [9.17, 15) is 0 Å². The Morgan fingerprint density at radius 3 is 3.14 bits per heavy atom. The van der Waals surface area contributed by atoms with E-state index in [-0.39, 0.29) is 6.61 Å². The number of benzene rings is 1. The first-order valence-corrected chi connectivity index (χ1v) is 4.20. The van der Waals surface area contributed by atoms with Crippen molar-refractivity contribution in [1.82, 2.24) is 5.48 Å². The fourth-order valence-electron chi connectivity index (χ4n) is 1.16. The first kappa shape index (κ1) is 8.52. The molecular formula is C11H9NO2. The molecular weight excluding hydrogens is 178 g/mol. The Bertz CT molecular complexity index is 404. The largest absolute Gasteiger partial charge is 0.464 e. The number of hydroxylamine groups is 1. The van der Waals surface area contributed by atoms with Crippen LogP contribution in [0.15, 0.2) is 30.1 Å². The summed E-state index contributed by atoms with van der Waals surface area (Å²) in [6.07, 6.45) is 6.91. The molecule has 70 valence electrons. The van der Waals surface area contributed by atoms with Gasteiger partial charge in [0.2, 0.25) is 5.88 Å². The molecule has 0 aliphatic carbocycles. The van der Waals surface area contributed by atoms with Gasteiger partial charge < -0.3 is 9.57 Å². The Kier molecular flexibility index (Phi) is 2.28. The van der Waals surface area contributed by atoms with Crippen LogP contribution in [-0.4, -0.2) is 6.61 Å². The molecule has 1 aliphatic rings. The van der Waals surface area contributed by atoms with Crippen LogP contribution < -0.4 is 10.3 Å². The Balaban J connectivity index is 2.19. The fourth-order valence-corrected chi connectivity index (χ4v) is 1.16. The van der Waals surface area contributed by atoms with Crippen molar-refractivity contribution in [3.8, 4) is 18.1 Å². The average Bonchev–Trinajstić information content (AvgIpc) is 2.26. The number of fused-ring (bicyclic) bond motifs is 1. The van der Waals surface area contributed by atoms with Gasteiger partial charge in [-0.25, -0.2) is 0 Å². The van der Waals surface area contributed by atoms with Gasteiger partial charge in [0.1, 0.15) is 0 Å². The smallest absolute Gasteiger partial charge is 0.222 e. The van der Waals surface area contributed by atoms with Crippen LogP contribution in [0.25, 0.3) is 6.08 Å². The molecule has 1 N–H and O–H groups in total. The minimum absolute atomic E-state index is 0.227. The normalized spacial score (nSPS) is 12.6. The number of terminal acetylenes is 1. The summed E-state index contributed by atoms with van der Waals surface area (Å²) in [4.78, 5) is 5.22. The summed E-state index contributed by atoms with van der Waals surface area (Å²) < 4.78 is 5.18. The predicted molar refractivity (Wildman–Crippen MR) is 53.0 cm³/mol. The average molecular weight is 187 g/mol. The van der Waals surface area contributed by atoms with Crippen molar-refractivity contribution in [2.75, 3.05) is 6.61 Å². The van der Waals surface area contributed by atoms with Crippen LogP contribution in [-0.2, 0) is 4.74 Å². The van der Waals surface area contributed by atoms with Gasteiger partial charge in [0, 0.05) is 11.6 Å². The maximum absolute atomic E-state index is 5.22. The molecule has 0 saturated carbocycles. The molecule has 14 heavy (non-hydrogen) atoms. The van der Waals surface area contributed by atoms with Gasteiger partial charge in [0.25, 0.3) is 0 Å². The maximum Gasteiger partial charge on any atom is 0.222 e. The third-order valence-electron chi connectivity index (χ3n) is 1.78. The van der Waals surface area contributed by atoms with E-state index >= 15 is 0 Å². The first-order chi connectivity index (χ1) is 6.90. The van der Waals surface area contributed by atoms with Crippen molar-refractivity contribution >= 4 is 6.08 Å². The summed E-state index contributed by atoms with van der Waals surface area (Å²) in [6.45, 7) is 0.227. The van der Waals surface area contributed by atoms with Gasteiger partial charge in [-0.1, -0.05) is 24.1 Å². The zero-order valence-electron chi connectivity index (χ0n) is 7.49. The molecule has 0 unspecified atom stereocenters. The van der Waals surface area contributed by atoms with Crippen LogP contribution in [0.3, 0.4) is 0 Å². The molecule has 0 atom stereocenters. The highest BCUT2D eigenvalue weighted by Gasteiger charge is 2.10. The van der Waals surface area contributed by atoms with E-state index in [1.165, 1.54) is 0 Å². The molecule has 0 radical (unpaired) electrons. The Hall–Kier alpha value is -2.08. The number of hydrogen-bond donors (Lipinski definition) is 1. The fraction of sp³-hybridized carbons (Fsp3) is 0.0909. The van der Waals surface area contributed by atoms with Crippen molar-refractivity contribution < 1.29 is 9.57 Å². The lowest BCUT2D eigenvalue weighted by molar-refractivity contribution is 0.121. The molecule has 0 fully saturated rings. The number of para-hydroxylation sites is 1. The molecule has 3 nitrogen and oxygen atoms in total.